The number of rotatable bonds is 1. The molecule has 0 bridgehead atoms. The van der Waals surface area contributed by atoms with Crippen LogP contribution in [0.5, 0.6) is 0 Å². The number of nitrogens with zero attached hydrogens (tertiary/aromatic N) is 1. The number of morpholine rings is 1. The second-order valence-corrected chi connectivity index (χ2v) is 4.89. The van der Waals surface area contributed by atoms with E-state index in [0.29, 0.717) is 13.2 Å². The number of carbonyl (C=O) groups is 1. The van der Waals surface area contributed by atoms with Crippen LogP contribution in [0.2, 0.25) is 0 Å². The van der Waals surface area contributed by atoms with Crippen molar-refractivity contribution in [1.29, 1.82) is 0 Å². The lowest BCUT2D eigenvalue weighted by atomic mass is 9.93. The van der Waals surface area contributed by atoms with Crippen LogP contribution in [-0.4, -0.2) is 36.6 Å². The molecule has 14 heavy (non-hydrogen) atoms. The molecule has 0 aromatic carbocycles. The van der Waals surface area contributed by atoms with Crippen LogP contribution >= 0.6 is 0 Å². The van der Waals surface area contributed by atoms with Crippen molar-refractivity contribution in [3.63, 3.8) is 0 Å². The van der Waals surface area contributed by atoms with Gasteiger partial charge in [0.15, 0.2) is 0 Å². The highest BCUT2D eigenvalue weighted by atomic mass is 16.5. The van der Waals surface area contributed by atoms with E-state index in [-0.39, 0.29) is 17.4 Å². The number of ether oxygens (including phenoxy) is 1. The van der Waals surface area contributed by atoms with Crippen molar-refractivity contribution in [2.24, 2.45) is 5.41 Å². The molecule has 0 saturated carbocycles. The summed E-state index contributed by atoms with van der Waals surface area (Å²) < 4.78 is 5.37. The molecule has 1 saturated heterocycles. The Balaban J connectivity index is 2.69. The standard InChI is InChI=1S/C11H21NO2/c1-5-9-8-14-7-6-12(9)10(13)11(2,3)4/h9H,5-8H2,1-4H3/t9-/m0/s1. The van der Waals surface area contributed by atoms with Crippen molar-refractivity contribution in [3.8, 4) is 0 Å². The zero-order valence-electron chi connectivity index (χ0n) is 9.67. The van der Waals surface area contributed by atoms with E-state index < -0.39 is 0 Å². The van der Waals surface area contributed by atoms with Crippen molar-refractivity contribution in [1.82, 2.24) is 4.90 Å². The summed E-state index contributed by atoms with van der Waals surface area (Å²) in [4.78, 5) is 14.0. The quantitative estimate of drug-likeness (QED) is 0.643. The molecule has 1 aliphatic rings. The second-order valence-electron chi connectivity index (χ2n) is 4.89. The van der Waals surface area contributed by atoms with Crippen molar-refractivity contribution >= 4 is 5.91 Å². The summed E-state index contributed by atoms with van der Waals surface area (Å²) in [6.45, 7) is 10.1. The first-order valence-corrected chi connectivity index (χ1v) is 5.35. The predicted molar refractivity (Wildman–Crippen MR) is 56.1 cm³/mol. The van der Waals surface area contributed by atoms with Gasteiger partial charge in [-0.15, -0.1) is 0 Å². The van der Waals surface area contributed by atoms with Crippen LogP contribution in [0.15, 0.2) is 0 Å². The summed E-state index contributed by atoms with van der Waals surface area (Å²) in [5.41, 5.74) is -0.273. The third-order valence-electron chi connectivity index (χ3n) is 2.60. The number of carbonyl (C=O) groups excluding carboxylic acids is 1. The van der Waals surface area contributed by atoms with Gasteiger partial charge in [0, 0.05) is 12.0 Å². The zero-order valence-corrected chi connectivity index (χ0v) is 9.67. The van der Waals surface area contributed by atoms with Crippen LogP contribution in [0.3, 0.4) is 0 Å². The molecule has 1 fully saturated rings. The van der Waals surface area contributed by atoms with Crippen LogP contribution in [0, 0.1) is 5.41 Å². The van der Waals surface area contributed by atoms with Crippen molar-refractivity contribution in [3.05, 3.63) is 0 Å². The third kappa shape index (κ3) is 2.47. The third-order valence-corrected chi connectivity index (χ3v) is 2.60. The minimum Gasteiger partial charge on any atom is -0.377 e. The first-order valence-electron chi connectivity index (χ1n) is 5.35. The SMILES string of the molecule is CC[C@H]1COCCN1C(=O)C(C)(C)C. The first kappa shape index (κ1) is 11.5. The largest absolute Gasteiger partial charge is 0.377 e. The van der Waals surface area contributed by atoms with Gasteiger partial charge in [0.05, 0.1) is 19.3 Å². The van der Waals surface area contributed by atoms with Gasteiger partial charge >= 0.3 is 0 Å². The van der Waals surface area contributed by atoms with Crippen LogP contribution in [-0.2, 0) is 9.53 Å². The number of hydrogen-bond acceptors (Lipinski definition) is 2. The maximum Gasteiger partial charge on any atom is 0.228 e. The van der Waals surface area contributed by atoms with E-state index >= 15 is 0 Å². The fourth-order valence-corrected chi connectivity index (χ4v) is 1.69. The molecule has 0 spiro atoms. The molecule has 0 aromatic heterocycles. The highest BCUT2D eigenvalue weighted by Crippen LogP contribution is 2.21. The van der Waals surface area contributed by atoms with Crippen LogP contribution in [0.4, 0.5) is 0 Å². The molecular formula is C11H21NO2. The lowest BCUT2D eigenvalue weighted by Crippen LogP contribution is -2.52. The molecule has 0 radical (unpaired) electrons. The fraction of sp³-hybridized carbons (Fsp3) is 0.909. The molecule has 1 heterocycles. The van der Waals surface area contributed by atoms with E-state index in [4.69, 9.17) is 4.74 Å². The fourth-order valence-electron chi connectivity index (χ4n) is 1.69. The topological polar surface area (TPSA) is 29.5 Å². The molecule has 0 unspecified atom stereocenters. The van der Waals surface area contributed by atoms with E-state index in [1.165, 1.54) is 0 Å². The van der Waals surface area contributed by atoms with E-state index in [1.807, 2.05) is 25.7 Å². The van der Waals surface area contributed by atoms with Gasteiger partial charge in [0.25, 0.3) is 0 Å². The molecule has 1 amide bonds. The van der Waals surface area contributed by atoms with Gasteiger partial charge in [0.1, 0.15) is 0 Å². The normalized spacial score (nSPS) is 23.7. The van der Waals surface area contributed by atoms with Gasteiger partial charge < -0.3 is 9.64 Å². The molecule has 1 atom stereocenters. The molecule has 3 nitrogen and oxygen atoms in total. The Hall–Kier alpha value is -0.570. The molecule has 1 aliphatic heterocycles. The summed E-state index contributed by atoms with van der Waals surface area (Å²) in [6.07, 6.45) is 0.974. The van der Waals surface area contributed by atoms with Gasteiger partial charge in [-0.1, -0.05) is 27.7 Å². The Morgan fingerprint density at radius 2 is 2.14 bits per heavy atom. The van der Waals surface area contributed by atoms with Gasteiger partial charge in [-0.05, 0) is 6.42 Å². The average molecular weight is 199 g/mol. The van der Waals surface area contributed by atoms with Crippen molar-refractivity contribution in [2.45, 2.75) is 40.2 Å². The van der Waals surface area contributed by atoms with E-state index in [1.54, 1.807) is 0 Å². The summed E-state index contributed by atoms with van der Waals surface area (Å²) in [6, 6.07) is 0.274. The Labute approximate surface area is 86.4 Å². The van der Waals surface area contributed by atoms with Crippen molar-refractivity contribution < 1.29 is 9.53 Å². The van der Waals surface area contributed by atoms with Gasteiger partial charge in [-0.2, -0.15) is 0 Å². The van der Waals surface area contributed by atoms with Crippen LogP contribution in [0.25, 0.3) is 0 Å². The molecular weight excluding hydrogens is 178 g/mol. The number of hydrogen-bond donors (Lipinski definition) is 0. The highest BCUT2D eigenvalue weighted by Gasteiger charge is 2.32. The Kier molecular flexibility index (Phi) is 3.53. The first-order chi connectivity index (χ1) is 6.46. The molecule has 3 heteroatoms. The summed E-state index contributed by atoms with van der Waals surface area (Å²) in [5, 5.41) is 0. The molecule has 82 valence electrons. The maximum absolute atomic E-state index is 12.1. The van der Waals surface area contributed by atoms with Crippen LogP contribution in [0.1, 0.15) is 34.1 Å². The highest BCUT2D eigenvalue weighted by molar-refractivity contribution is 5.81. The van der Waals surface area contributed by atoms with Crippen LogP contribution < -0.4 is 0 Å². The second kappa shape index (κ2) is 4.30. The Bertz CT molecular complexity index is 208. The van der Waals surface area contributed by atoms with Gasteiger partial charge in [-0.25, -0.2) is 0 Å². The summed E-state index contributed by atoms with van der Waals surface area (Å²) in [5.74, 6) is 0.243. The molecule has 0 aromatic rings. The summed E-state index contributed by atoms with van der Waals surface area (Å²) >= 11 is 0. The van der Waals surface area contributed by atoms with E-state index in [0.717, 1.165) is 13.0 Å². The summed E-state index contributed by atoms with van der Waals surface area (Å²) in [7, 11) is 0. The molecule has 1 rings (SSSR count). The van der Waals surface area contributed by atoms with Crippen molar-refractivity contribution in [2.75, 3.05) is 19.8 Å². The predicted octanol–water partition coefficient (Wildman–Crippen LogP) is 1.67. The van der Waals surface area contributed by atoms with Gasteiger partial charge in [-0.3, -0.25) is 4.79 Å². The monoisotopic (exact) mass is 199 g/mol. The lowest BCUT2D eigenvalue weighted by molar-refractivity contribution is -0.148. The zero-order chi connectivity index (χ0) is 10.8. The number of amides is 1. The Morgan fingerprint density at radius 1 is 1.50 bits per heavy atom. The minimum absolute atomic E-state index is 0.243. The smallest absolute Gasteiger partial charge is 0.228 e. The van der Waals surface area contributed by atoms with E-state index in [2.05, 4.69) is 6.92 Å². The average Bonchev–Trinajstić information content (AvgIpc) is 2.15. The maximum atomic E-state index is 12.1. The lowest BCUT2D eigenvalue weighted by Gasteiger charge is -2.38. The molecule has 0 aliphatic carbocycles. The Morgan fingerprint density at radius 3 is 2.64 bits per heavy atom. The molecule has 0 N–H and O–H groups in total. The van der Waals surface area contributed by atoms with Gasteiger partial charge in [0.2, 0.25) is 5.91 Å². The minimum atomic E-state index is -0.273. The van der Waals surface area contributed by atoms with E-state index in [9.17, 15) is 4.79 Å².